The molecule has 2 amide bonds. The molecule has 3 fully saturated rings. The highest BCUT2D eigenvalue weighted by Crippen LogP contribution is 2.14. The van der Waals surface area contributed by atoms with E-state index < -0.39 is 0 Å². The van der Waals surface area contributed by atoms with Gasteiger partial charge in [-0.15, -0.1) is 24.0 Å². The van der Waals surface area contributed by atoms with Crippen molar-refractivity contribution in [3.05, 3.63) is 0 Å². The Hall–Kier alpha value is -1.14. The fraction of sp³-hybridized carbons (Fsp3) is 0.857. The van der Waals surface area contributed by atoms with Gasteiger partial charge in [-0.1, -0.05) is 0 Å². The van der Waals surface area contributed by atoms with Crippen LogP contribution in [0.5, 0.6) is 0 Å². The quantitative estimate of drug-likeness (QED) is 0.294. The second kappa shape index (κ2) is 12.8. The molecule has 0 aromatic rings. The van der Waals surface area contributed by atoms with E-state index in [1.165, 1.54) is 0 Å². The van der Waals surface area contributed by atoms with Gasteiger partial charge in [0.25, 0.3) is 0 Å². The number of rotatable bonds is 6. The van der Waals surface area contributed by atoms with Crippen molar-refractivity contribution in [3.63, 3.8) is 0 Å². The number of carbonyl (C=O) groups is 2. The molecule has 0 saturated carbocycles. The van der Waals surface area contributed by atoms with E-state index in [1.807, 2.05) is 11.8 Å². The van der Waals surface area contributed by atoms with E-state index >= 15 is 0 Å². The average Bonchev–Trinajstić information content (AvgIpc) is 3.47. The molecule has 0 aromatic carbocycles. The van der Waals surface area contributed by atoms with Crippen LogP contribution >= 0.6 is 24.0 Å². The minimum Gasteiger partial charge on any atom is -0.376 e. The number of amides is 2. The first-order chi connectivity index (χ1) is 14.5. The number of hydrogen-bond acceptors (Lipinski definition) is 5. The molecule has 10 heteroatoms. The summed E-state index contributed by atoms with van der Waals surface area (Å²) < 4.78 is 5.72. The Balaban J connectivity index is 0.00000341. The third-order valence-electron chi connectivity index (χ3n) is 6.31. The second-order valence-electron chi connectivity index (χ2n) is 8.68. The lowest BCUT2D eigenvalue weighted by molar-refractivity contribution is -0.135. The van der Waals surface area contributed by atoms with Crippen LogP contribution in [-0.2, 0) is 14.3 Å². The molecule has 178 valence electrons. The van der Waals surface area contributed by atoms with Gasteiger partial charge < -0.3 is 24.8 Å². The number of likely N-dealkylation sites (N-methyl/N-ethyl adjacent to an activating group) is 1. The number of carbonyl (C=O) groups excluding carboxylic acids is 2. The van der Waals surface area contributed by atoms with Gasteiger partial charge in [-0.3, -0.25) is 14.5 Å². The summed E-state index contributed by atoms with van der Waals surface area (Å²) in [5.74, 6) is 0.997. The van der Waals surface area contributed by atoms with Crippen LogP contribution in [0.25, 0.3) is 0 Å². The predicted octanol–water partition coefficient (Wildman–Crippen LogP) is 0.446. The molecule has 3 saturated heterocycles. The number of nitrogens with one attached hydrogen (secondary N) is 1. The van der Waals surface area contributed by atoms with E-state index in [0.717, 1.165) is 77.5 Å². The first kappa shape index (κ1) is 26.1. The summed E-state index contributed by atoms with van der Waals surface area (Å²) in [5.41, 5.74) is 0. The number of nitrogens with zero attached hydrogens (tertiary/aromatic N) is 5. The van der Waals surface area contributed by atoms with Gasteiger partial charge in [0, 0.05) is 66.5 Å². The normalized spacial score (nSPS) is 23.5. The van der Waals surface area contributed by atoms with Gasteiger partial charge in [0.05, 0.1) is 12.1 Å². The summed E-state index contributed by atoms with van der Waals surface area (Å²) in [4.78, 5) is 37.4. The molecule has 1 N–H and O–H groups in total. The van der Waals surface area contributed by atoms with Gasteiger partial charge in [-0.25, -0.2) is 4.99 Å². The third-order valence-corrected chi connectivity index (χ3v) is 6.31. The molecular weight excluding hydrogens is 511 g/mol. The lowest BCUT2D eigenvalue weighted by atomic mass is 10.2. The fourth-order valence-electron chi connectivity index (χ4n) is 4.24. The zero-order chi connectivity index (χ0) is 21.5. The monoisotopic (exact) mass is 550 g/mol. The zero-order valence-corrected chi connectivity index (χ0v) is 21.5. The molecule has 3 heterocycles. The summed E-state index contributed by atoms with van der Waals surface area (Å²) >= 11 is 0. The number of piperazine rings is 1. The molecule has 2 unspecified atom stereocenters. The number of halogens is 1. The van der Waals surface area contributed by atoms with Crippen LogP contribution in [0, 0.1) is 0 Å². The molecule has 0 spiro atoms. The molecule has 0 bridgehead atoms. The highest BCUT2D eigenvalue weighted by molar-refractivity contribution is 14.0. The number of ether oxygens (including phenoxy) is 1. The Morgan fingerprint density at radius 2 is 1.74 bits per heavy atom. The van der Waals surface area contributed by atoms with Crippen LogP contribution < -0.4 is 5.32 Å². The molecule has 0 radical (unpaired) electrons. The number of aliphatic imine (C=N–C) groups is 1. The van der Waals surface area contributed by atoms with Crippen LogP contribution in [0.1, 0.15) is 32.6 Å². The Morgan fingerprint density at radius 3 is 2.32 bits per heavy atom. The smallest absolute Gasteiger partial charge is 0.243 e. The van der Waals surface area contributed by atoms with Crippen molar-refractivity contribution in [2.75, 3.05) is 73.1 Å². The van der Waals surface area contributed by atoms with Gasteiger partial charge in [-0.05, 0) is 32.6 Å². The minimum absolute atomic E-state index is 0. The van der Waals surface area contributed by atoms with Gasteiger partial charge in [-0.2, -0.15) is 0 Å². The van der Waals surface area contributed by atoms with E-state index in [2.05, 4.69) is 20.1 Å². The lowest BCUT2D eigenvalue weighted by Crippen LogP contribution is -2.57. The molecule has 3 aliphatic heterocycles. The first-order valence-electron chi connectivity index (χ1n) is 11.3. The van der Waals surface area contributed by atoms with Crippen LogP contribution in [0.15, 0.2) is 4.99 Å². The molecule has 0 aliphatic carbocycles. The Bertz CT molecular complexity index is 612. The van der Waals surface area contributed by atoms with Crippen LogP contribution in [0.3, 0.4) is 0 Å². The van der Waals surface area contributed by atoms with Crippen molar-refractivity contribution in [1.29, 1.82) is 0 Å². The average molecular weight is 550 g/mol. The molecule has 31 heavy (non-hydrogen) atoms. The van der Waals surface area contributed by atoms with Crippen molar-refractivity contribution >= 4 is 41.8 Å². The first-order valence-corrected chi connectivity index (χ1v) is 11.3. The molecule has 9 nitrogen and oxygen atoms in total. The number of likely N-dealkylation sites (tertiary alicyclic amines) is 1. The molecule has 3 rings (SSSR count). The van der Waals surface area contributed by atoms with Crippen molar-refractivity contribution in [1.82, 2.24) is 24.9 Å². The zero-order valence-electron chi connectivity index (χ0n) is 19.2. The van der Waals surface area contributed by atoms with Gasteiger partial charge in [0.15, 0.2) is 5.96 Å². The number of guanidine groups is 1. The van der Waals surface area contributed by atoms with Gasteiger partial charge >= 0.3 is 0 Å². The van der Waals surface area contributed by atoms with E-state index in [-0.39, 0.29) is 54.5 Å². The summed E-state index contributed by atoms with van der Waals surface area (Å²) in [7, 11) is 3.49. The van der Waals surface area contributed by atoms with E-state index in [9.17, 15) is 9.59 Å². The number of hydrogen-bond donors (Lipinski definition) is 1. The van der Waals surface area contributed by atoms with E-state index in [4.69, 9.17) is 4.74 Å². The largest absolute Gasteiger partial charge is 0.376 e. The lowest BCUT2D eigenvalue weighted by Gasteiger charge is -2.39. The minimum atomic E-state index is -0.0826. The van der Waals surface area contributed by atoms with Crippen LogP contribution in [0.2, 0.25) is 0 Å². The van der Waals surface area contributed by atoms with Gasteiger partial charge in [0.2, 0.25) is 11.8 Å². The van der Waals surface area contributed by atoms with Crippen molar-refractivity contribution in [3.8, 4) is 0 Å². The molecule has 2 atom stereocenters. The maximum Gasteiger partial charge on any atom is 0.243 e. The maximum atomic E-state index is 12.7. The SMILES string of the molecule is CC(C(=O)N1CCCC1)N1CCN(C(=NCC(=O)N(C)C)NCC2CCCO2)CC1.I. The predicted molar refractivity (Wildman–Crippen MR) is 132 cm³/mol. The Labute approximate surface area is 203 Å². The highest BCUT2D eigenvalue weighted by Gasteiger charge is 2.30. The molecular formula is C21H39IN6O3. The summed E-state index contributed by atoms with van der Waals surface area (Å²) in [5, 5.41) is 3.42. The van der Waals surface area contributed by atoms with Crippen molar-refractivity contribution in [2.45, 2.75) is 44.8 Å². The standard InChI is InChI=1S/C21H38N6O3.HI/c1-17(20(29)26-8-4-5-9-26)25-10-12-27(13-11-25)21(23-16-19(28)24(2)3)22-15-18-7-6-14-30-18;/h17-18H,4-16H2,1-3H3,(H,22,23);1H. The topological polar surface area (TPSA) is 80.7 Å². The maximum absolute atomic E-state index is 12.7. The van der Waals surface area contributed by atoms with Crippen LogP contribution in [-0.4, -0.2) is 123 Å². The Kier molecular flexibility index (Phi) is 10.8. The van der Waals surface area contributed by atoms with E-state index in [0.29, 0.717) is 6.54 Å². The third kappa shape index (κ3) is 7.45. The van der Waals surface area contributed by atoms with Crippen molar-refractivity contribution < 1.29 is 14.3 Å². The summed E-state index contributed by atoms with van der Waals surface area (Å²) in [6.07, 6.45) is 4.60. The van der Waals surface area contributed by atoms with Gasteiger partial charge in [0.1, 0.15) is 6.54 Å². The van der Waals surface area contributed by atoms with E-state index in [1.54, 1.807) is 19.0 Å². The second-order valence-corrected chi connectivity index (χ2v) is 8.68. The molecule has 0 aromatic heterocycles. The summed E-state index contributed by atoms with van der Waals surface area (Å²) in [6.45, 7) is 8.66. The van der Waals surface area contributed by atoms with Crippen molar-refractivity contribution in [2.24, 2.45) is 4.99 Å². The van der Waals surface area contributed by atoms with Crippen LogP contribution in [0.4, 0.5) is 0 Å². The highest BCUT2D eigenvalue weighted by atomic mass is 127. The summed E-state index contributed by atoms with van der Waals surface area (Å²) in [6, 6.07) is -0.0826. The fourth-order valence-corrected chi connectivity index (χ4v) is 4.24. The molecule has 3 aliphatic rings. The Morgan fingerprint density at radius 1 is 1.06 bits per heavy atom.